The first-order valence-corrected chi connectivity index (χ1v) is 10.6. The lowest BCUT2D eigenvalue weighted by Crippen LogP contribution is -2.25. The van der Waals surface area contributed by atoms with Gasteiger partial charge in [0.25, 0.3) is 0 Å². The van der Waals surface area contributed by atoms with E-state index in [4.69, 9.17) is 0 Å². The van der Waals surface area contributed by atoms with Gasteiger partial charge in [-0.3, -0.25) is 4.39 Å². The summed E-state index contributed by atoms with van der Waals surface area (Å²) in [7, 11) is 0. The topological polar surface area (TPSA) is 0 Å². The average Bonchev–Trinajstić information content (AvgIpc) is 2.67. The van der Waals surface area contributed by atoms with Crippen LogP contribution in [-0.2, 0) is 6.18 Å². The largest absolute Gasteiger partial charge is 0.422 e. The highest BCUT2D eigenvalue weighted by molar-refractivity contribution is 5.30. The molecule has 0 radical (unpaired) electrons. The molecule has 0 unspecified atom stereocenters. The number of benzene rings is 1. The van der Waals surface area contributed by atoms with Crippen molar-refractivity contribution in [3.05, 3.63) is 47.0 Å². The predicted molar refractivity (Wildman–Crippen MR) is 101 cm³/mol. The Labute approximate surface area is 168 Å². The molecule has 162 valence electrons. The lowest BCUT2D eigenvalue weighted by molar-refractivity contribution is -0.142. The number of halogens is 6. The van der Waals surface area contributed by atoms with E-state index in [1.54, 1.807) is 0 Å². The quantitative estimate of drug-likeness (QED) is 0.336. The minimum absolute atomic E-state index is 0.0856. The van der Waals surface area contributed by atoms with Crippen LogP contribution in [0.25, 0.3) is 0 Å². The molecule has 0 aliphatic heterocycles. The summed E-state index contributed by atoms with van der Waals surface area (Å²) in [6.07, 6.45) is 7.44. The monoisotopic (exact) mass is 418 g/mol. The number of hydrogen-bond donors (Lipinski definition) is 0. The second kappa shape index (κ2) is 9.57. The van der Waals surface area contributed by atoms with Crippen LogP contribution >= 0.6 is 0 Å². The predicted octanol–water partition coefficient (Wildman–Crippen LogP) is 7.98. The molecular formula is C23H28F6. The lowest BCUT2D eigenvalue weighted by Gasteiger charge is -2.37. The smallest absolute Gasteiger partial charge is 0.251 e. The van der Waals surface area contributed by atoms with Crippen LogP contribution in [0.3, 0.4) is 0 Å². The van der Waals surface area contributed by atoms with Crippen molar-refractivity contribution in [3.63, 3.8) is 0 Å². The Balaban J connectivity index is 1.54. The van der Waals surface area contributed by atoms with E-state index in [1.165, 1.54) is 0 Å². The fourth-order valence-electron chi connectivity index (χ4n) is 5.18. The van der Waals surface area contributed by atoms with Gasteiger partial charge in [-0.05, 0) is 99.2 Å². The maximum atomic E-state index is 13.9. The van der Waals surface area contributed by atoms with E-state index in [1.807, 2.05) is 6.08 Å². The Morgan fingerprint density at radius 3 is 1.83 bits per heavy atom. The zero-order chi connectivity index (χ0) is 21.0. The Bertz CT molecular complexity index is 669. The molecule has 0 N–H and O–H groups in total. The molecule has 1 aromatic rings. The maximum absolute atomic E-state index is 13.9. The second-order valence-corrected chi connectivity index (χ2v) is 8.55. The van der Waals surface area contributed by atoms with Gasteiger partial charge < -0.3 is 0 Å². The molecule has 2 fully saturated rings. The molecule has 2 aliphatic rings. The van der Waals surface area contributed by atoms with Crippen LogP contribution < -0.4 is 0 Å². The summed E-state index contributed by atoms with van der Waals surface area (Å²) in [6.45, 7) is -0.318. The molecule has 2 aliphatic carbocycles. The van der Waals surface area contributed by atoms with Gasteiger partial charge in [-0.15, -0.1) is 0 Å². The molecule has 0 amide bonds. The molecule has 0 atom stereocenters. The molecule has 29 heavy (non-hydrogen) atoms. The average molecular weight is 418 g/mol. The Hall–Kier alpha value is -1.46. The van der Waals surface area contributed by atoms with Crippen molar-refractivity contribution < 1.29 is 26.3 Å². The van der Waals surface area contributed by atoms with Gasteiger partial charge in [0.05, 0.1) is 6.67 Å². The first-order chi connectivity index (χ1) is 13.8. The van der Waals surface area contributed by atoms with Gasteiger partial charge >= 0.3 is 6.18 Å². The van der Waals surface area contributed by atoms with Crippen molar-refractivity contribution in [2.24, 2.45) is 17.8 Å². The fraction of sp³-hybridized carbons (Fsp3) is 0.652. The molecule has 0 heterocycles. The number of rotatable bonds is 5. The molecule has 1 aromatic carbocycles. The SMILES string of the molecule is FCCC=CC1CCC(C2CCC(c3cc(F)c(C(F)(F)F)c(F)c3)CC2)CC1. The van der Waals surface area contributed by atoms with Gasteiger partial charge in [-0.1, -0.05) is 12.2 Å². The highest BCUT2D eigenvalue weighted by Gasteiger charge is 2.39. The van der Waals surface area contributed by atoms with Gasteiger partial charge in [-0.25, -0.2) is 8.78 Å². The highest BCUT2D eigenvalue weighted by Crippen LogP contribution is 2.45. The molecule has 0 aromatic heterocycles. The van der Waals surface area contributed by atoms with E-state index in [0.717, 1.165) is 63.5 Å². The van der Waals surface area contributed by atoms with Gasteiger partial charge in [0.1, 0.15) is 17.2 Å². The van der Waals surface area contributed by atoms with Gasteiger partial charge in [0, 0.05) is 0 Å². The molecule has 0 spiro atoms. The molecule has 3 rings (SSSR count). The summed E-state index contributed by atoms with van der Waals surface area (Å²) in [5, 5.41) is 0. The van der Waals surface area contributed by atoms with E-state index in [2.05, 4.69) is 6.08 Å². The van der Waals surface area contributed by atoms with Gasteiger partial charge in [0.15, 0.2) is 0 Å². The van der Waals surface area contributed by atoms with Crippen LogP contribution in [0.4, 0.5) is 26.3 Å². The Morgan fingerprint density at radius 1 is 0.828 bits per heavy atom. The summed E-state index contributed by atoms with van der Waals surface area (Å²) in [6, 6.07) is 1.73. The molecular weight excluding hydrogens is 390 g/mol. The van der Waals surface area contributed by atoms with E-state index < -0.39 is 23.4 Å². The zero-order valence-electron chi connectivity index (χ0n) is 16.5. The minimum Gasteiger partial charge on any atom is -0.251 e. The maximum Gasteiger partial charge on any atom is 0.422 e. The normalized spacial score (nSPS) is 28.8. The molecule has 2 saturated carbocycles. The molecule has 0 nitrogen and oxygen atoms in total. The Morgan fingerprint density at radius 2 is 1.34 bits per heavy atom. The number of alkyl halides is 4. The van der Waals surface area contributed by atoms with Gasteiger partial charge in [0.2, 0.25) is 0 Å². The third kappa shape index (κ3) is 5.58. The summed E-state index contributed by atoms with van der Waals surface area (Å²) >= 11 is 0. The standard InChI is InChI=1S/C23H28F6/c24-12-2-1-3-15-4-6-16(7-5-15)17-8-10-18(11-9-17)19-13-20(25)22(21(26)14-19)23(27,28)29/h1,3,13-18H,2,4-12H2. The van der Waals surface area contributed by atoms with Crippen molar-refractivity contribution in [3.8, 4) is 0 Å². The van der Waals surface area contributed by atoms with Crippen LogP contribution in [0.15, 0.2) is 24.3 Å². The molecule has 6 heteroatoms. The van der Waals surface area contributed by atoms with Crippen LogP contribution in [0.5, 0.6) is 0 Å². The van der Waals surface area contributed by atoms with E-state index >= 15 is 0 Å². The van der Waals surface area contributed by atoms with Crippen molar-refractivity contribution >= 4 is 0 Å². The van der Waals surface area contributed by atoms with Gasteiger partial charge in [-0.2, -0.15) is 13.2 Å². The van der Waals surface area contributed by atoms with E-state index in [9.17, 15) is 26.3 Å². The summed E-state index contributed by atoms with van der Waals surface area (Å²) in [5.41, 5.74) is -1.46. The van der Waals surface area contributed by atoms with Crippen LogP contribution in [0.2, 0.25) is 0 Å². The first-order valence-electron chi connectivity index (χ1n) is 10.6. The minimum atomic E-state index is -5.02. The lowest BCUT2D eigenvalue weighted by atomic mass is 9.68. The first kappa shape index (κ1) is 22.2. The van der Waals surface area contributed by atoms with Crippen molar-refractivity contribution in [2.45, 2.75) is 69.9 Å². The second-order valence-electron chi connectivity index (χ2n) is 8.55. The molecule has 0 saturated heterocycles. The van der Waals surface area contributed by atoms with Crippen LogP contribution in [0, 0.1) is 29.4 Å². The van der Waals surface area contributed by atoms with Crippen molar-refractivity contribution in [1.82, 2.24) is 0 Å². The molecule has 0 bridgehead atoms. The summed E-state index contributed by atoms with van der Waals surface area (Å²) in [5.74, 6) is -1.37. The number of allylic oxidation sites excluding steroid dienone is 2. The summed E-state index contributed by atoms with van der Waals surface area (Å²) in [4.78, 5) is 0. The van der Waals surface area contributed by atoms with E-state index in [0.29, 0.717) is 29.7 Å². The number of hydrogen-bond acceptors (Lipinski definition) is 0. The summed E-state index contributed by atoms with van der Waals surface area (Å²) < 4.78 is 78.2. The third-order valence-electron chi connectivity index (χ3n) is 6.76. The van der Waals surface area contributed by atoms with Crippen molar-refractivity contribution in [1.29, 1.82) is 0 Å². The van der Waals surface area contributed by atoms with E-state index in [-0.39, 0.29) is 12.6 Å². The van der Waals surface area contributed by atoms with Crippen LogP contribution in [-0.4, -0.2) is 6.67 Å². The third-order valence-corrected chi connectivity index (χ3v) is 6.76. The van der Waals surface area contributed by atoms with Crippen molar-refractivity contribution in [2.75, 3.05) is 6.67 Å². The zero-order valence-corrected chi connectivity index (χ0v) is 16.5. The fourth-order valence-corrected chi connectivity index (χ4v) is 5.18. The Kier molecular flexibility index (Phi) is 7.33. The highest BCUT2D eigenvalue weighted by atomic mass is 19.4. The van der Waals surface area contributed by atoms with Crippen LogP contribution in [0.1, 0.15) is 74.8 Å².